The second-order valence-electron chi connectivity index (χ2n) is 4.16. The molecule has 1 amide bonds. The minimum absolute atomic E-state index is 0.145. The third-order valence-corrected chi connectivity index (χ3v) is 2.72. The van der Waals surface area contributed by atoms with Crippen LogP contribution in [0.3, 0.4) is 0 Å². The van der Waals surface area contributed by atoms with Gasteiger partial charge < -0.3 is 19.6 Å². The first-order chi connectivity index (χ1) is 9.74. The van der Waals surface area contributed by atoms with Crippen LogP contribution in [-0.2, 0) is 11.3 Å². The van der Waals surface area contributed by atoms with Gasteiger partial charge in [-0.25, -0.2) is 0 Å². The van der Waals surface area contributed by atoms with Gasteiger partial charge in [0.05, 0.1) is 18.3 Å². The zero-order chi connectivity index (χ0) is 14.4. The summed E-state index contributed by atoms with van der Waals surface area (Å²) >= 11 is 0. The zero-order valence-corrected chi connectivity index (χ0v) is 11.1. The van der Waals surface area contributed by atoms with Crippen LogP contribution in [0.25, 0.3) is 0 Å². The quantitative estimate of drug-likeness (QED) is 0.830. The number of aliphatic hydroxyl groups is 1. The molecule has 2 aromatic heterocycles. The molecule has 106 valence electrons. The molecule has 0 saturated carbocycles. The van der Waals surface area contributed by atoms with Crippen molar-refractivity contribution in [1.29, 1.82) is 0 Å². The summed E-state index contributed by atoms with van der Waals surface area (Å²) in [5.41, 5.74) is 0.705. The van der Waals surface area contributed by atoms with Crippen LogP contribution >= 0.6 is 0 Å². The van der Waals surface area contributed by atoms with Crippen LogP contribution in [0.1, 0.15) is 28.1 Å². The molecule has 0 aliphatic rings. The molecular formula is C14H16N2O4. The van der Waals surface area contributed by atoms with Gasteiger partial charge >= 0.3 is 0 Å². The summed E-state index contributed by atoms with van der Waals surface area (Å²) in [7, 11) is 1.55. The molecule has 6 nitrogen and oxygen atoms in total. The monoisotopic (exact) mass is 276 g/mol. The van der Waals surface area contributed by atoms with Crippen molar-refractivity contribution in [3.63, 3.8) is 0 Å². The molecule has 2 heterocycles. The molecule has 1 atom stereocenters. The molecule has 2 aromatic rings. The van der Waals surface area contributed by atoms with Gasteiger partial charge in [-0.15, -0.1) is 0 Å². The standard InChI is InChI=1S/C14H16N2O4/c1-19-9-12(11-4-2-3-7-15-11)16-14(18)13-6-5-10(8-17)20-13/h2-7,12,17H,8-9H2,1H3,(H,16,18)/t12-/m1/s1. The Balaban J connectivity index is 2.10. The maximum absolute atomic E-state index is 12.1. The van der Waals surface area contributed by atoms with Crippen LogP contribution in [0.4, 0.5) is 0 Å². The lowest BCUT2D eigenvalue weighted by Gasteiger charge is -2.16. The van der Waals surface area contributed by atoms with E-state index >= 15 is 0 Å². The van der Waals surface area contributed by atoms with E-state index in [2.05, 4.69) is 10.3 Å². The van der Waals surface area contributed by atoms with E-state index in [0.29, 0.717) is 18.1 Å². The highest BCUT2D eigenvalue weighted by Crippen LogP contribution is 2.13. The predicted molar refractivity (Wildman–Crippen MR) is 71.0 cm³/mol. The molecule has 20 heavy (non-hydrogen) atoms. The normalized spacial score (nSPS) is 12.1. The second kappa shape index (κ2) is 6.83. The number of aromatic nitrogens is 1. The van der Waals surface area contributed by atoms with Crippen molar-refractivity contribution in [2.45, 2.75) is 12.6 Å². The molecule has 0 bridgehead atoms. The van der Waals surface area contributed by atoms with E-state index in [0.717, 1.165) is 0 Å². The Kier molecular flexibility index (Phi) is 4.86. The van der Waals surface area contributed by atoms with Crippen molar-refractivity contribution in [2.24, 2.45) is 0 Å². The van der Waals surface area contributed by atoms with Gasteiger partial charge in [0, 0.05) is 13.3 Å². The lowest BCUT2D eigenvalue weighted by Crippen LogP contribution is -2.31. The zero-order valence-electron chi connectivity index (χ0n) is 11.1. The highest BCUT2D eigenvalue weighted by atomic mass is 16.5. The van der Waals surface area contributed by atoms with Crippen LogP contribution in [0.5, 0.6) is 0 Å². The number of pyridine rings is 1. The fourth-order valence-corrected chi connectivity index (χ4v) is 1.76. The number of aliphatic hydroxyl groups excluding tert-OH is 1. The smallest absolute Gasteiger partial charge is 0.287 e. The third kappa shape index (κ3) is 3.43. The minimum Gasteiger partial charge on any atom is -0.453 e. The lowest BCUT2D eigenvalue weighted by molar-refractivity contribution is 0.0862. The van der Waals surface area contributed by atoms with E-state index in [4.69, 9.17) is 14.3 Å². The van der Waals surface area contributed by atoms with Gasteiger partial charge in [-0.05, 0) is 24.3 Å². The number of rotatable bonds is 6. The Morgan fingerprint density at radius 3 is 2.90 bits per heavy atom. The molecule has 0 unspecified atom stereocenters. The van der Waals surface area contributed by atoms with Gasteiger partial charge in [-0.1, -0.05) is 6.07 Å². The fourth-order valence-electron chi connectivity index (χ4n) is 1.76. The van der Waals surface area contributed by atoms with Gasteiger partial charge in [0.2, 0.25) is 0 Å². The van der Waals surface area contributed by atoms with Crippen LogP contribution < -0.4 is 5.32 Å². The largest absolute Gasteiger partial charge is 0.453 e. The molecular weight excluding hydrogens is 260 g/mol. The van der Waals surface area contributed by atoms with E-state index in [9.17, 15) is 4.79 Å². The average Bonchev–Trinajstić information content (AvgIpc) is 2.97. The first-order valence-corrected chi connectivity index (χ1v) is 6.15. The van der Waals surface area contributed by atoms with Gasteiger partial charge in [0.15, 0.2) is 5.76 Å². The van der Waals surface area contributed by atoms with Crippen LogP contribution in [0.2, 0.25) is 0 Å². The number of furan rings is 1. The first-order valence-electron chi connectivity index (χ1n) is 6.15. The summed E-state index contributed by atoms with van der Waals surface area (Å²) < 4.78 is 10.3. The summed E-state index contributed by atoms with van der Waals surface area (Å²) in [5, 5.41) is 11.7. The maximum Gasteiger partial charge on any atom is 0.287 e. The highest BCUT2D eigenvalue weighted by Gasteiger charge is 2.18. The second-order valence-corrected chi connectivity index (χ2v) is 4.16. The van der Waals surface area contributed by atoms with Crippen molar-refractivity contribution >= 4 is 5.91 Å². The van der Waals surface area contributed by atoms with E-state index in [-0.39, 0.29) is 24.3 Å². The van der Waals surface area contributed by atoms with Crippen molar-refractivity contribution in [3.05, 3.63) is 53.7 Å². The molecule has 0 aliphatic heterocycles. The van der Waals surface area contributed by atoms with E-state index in [1.54, 1.807) is 25.4 Å². The number of amides is 1. The summed E-state index contributed by atoms with van der Waals surface area (Å²) in [6.07, 6.45) is 1.65. The fraction of sp³-hybridized carbons (Fsp3) is 0.286. The average molecular weight is 276 g/mol. The maximum atomic E-state index is 12.1. The summed E-state index contributed by atoms with van der Waals surface area (Å²) in [4.78, 5) is 16.3. The number of carbonyl (C=O) groups is 1. The number of ether oxygens (including phenoxy) is 1. The highest BCUT2D eigenvalue weighted by molar-refractivity contribution is 5.91. The number of methoxy groups -OCH3 is 1. The van der Waals surface area contributed by atoms with E-state index in [1.165, 1.54) is 6.07 Å². The Hall–Kier alpha value is -2.18. The number of nitrogens with one attached hydrogen (secondary N) is 1. The molecule has 0 fully saturated rings. The number of hydrogen-bond acceptors (Lipinski definition) is 5. The van der Waals surface area contributed by atoms with E-state index in [1.807, 2.05) is 12.1 Å². The van der Waals surface area contributed by atoms with Gasteiger partial charge in [0.25, 0.3) is 5.91 Å². The minimum atomic E-state index is -0.377. The SMILES string of the molecule is COC[C@@H](NC(=O)c1ccc(CO)o1)c1ccccn1. The molecule has 0 spiro atoms. The Bertz CT molecular complexity index is 553. The van der Waals surface area contributed by atoms with Gasteiger partial charge in [0.1, 0.15) is 12.4 Å². The first kappa shape index (κ1) is 14.2. The molecule has 0 saturated heterocycles. The summed E-state index contributed by atoms with van der Waals surface area (Å²) in [6.45, 7) is 0.0609. The van der Waals surface area contributed by atoms with Crippen molar-refractivity contribution in [1.82, 2.24) is 10.3 Å². The molecule has 2 rings (SSSR count). The van der Waals surface area contributed by atoms with Crippen LogP contribution in [-0.4, -0.2) is 29.7 Å². The number of carbonyl (C=O) groups excluding carboxylic acids is 1. The van der Waals surface area contributed by atoms with Gasteiger partial charge in [-0.2, -0.15) is 0 Å². The van der Waals surface area contributed by atoms with Crippen LogP contribution in [0, 0.1) is 0 Å². The topological polar surface area (TPSA) is 84.6 Å². The van der Waals surface area contributed by atoms with Crippen molar-refractivity contribution in [3.8, 4) is 0 Å². The molecule has 0 aliphatic carbocycles. The summed E-state index contributed by atoms with van der Waals surface area (Å²) in [6, 6.07) is 8.16. The molecule has 2 N–H and O–H groups in total. The molecule has 0 aromatic carbocycles. The number of hydrogen-bond donors (Lipinski definition) is 2. The molecule has 0 radical (unpaired) electrons. The molecule has 6 heteroatoms. The Morgan fingerprint density at radius 1 is 1.45 bits per heavy atom. The number of nitrogens with zero attached hydrogens (tertiary/aromatic N) is 1. The predicted octanol–water partition coefficient (Wildman–Crippen LogP) is 1.28. The van der Waals surface area contributed by atoms with Crippen LogP contribution in [0.15, 0.2) is 40.9 Å². The summed E-state index contributed by atoms with van der Waals surface area (Å²) in [5.74, 6) is 0.111. The van der Waals surface area contributed by atoms with Crippen molar-refractivity contribution in [2.75, 3.05) is 13.7 Å². The van der Waals surface area contributed by atoms with Gasteiger partial charge in [-0.3, -0.25) is 9.78 Å². The third-order valence-electron chi connectivity index (χ3n) is 2.72. The van der Waals surface area contributed by atoms with Crippen molar-refractivity contribution < 1.29 is 19.1 Å². The Labute approximate surface area is 116 Å². The Morgan fingerprint density at radius 2 is 2.30 bits per heavy atom. The lowest BCUT2D eigenvalue weighted by atomic mass is 10.2. The van der Waals surface area contributed by atoms with E-state index < -0.39 is 0 Å².